The van der Waals surface area contributed by atoms with Crippen LogP contribution in [0.3, 0.4) is 0 Å². The van der Waals surface area contributed by atoms with E-state index in [1.54, 1.807) is 58.4 Å². The molecule has 0 aliphatic rings. The van der Waals surface area contributed by atoms with Crippen molar-refractivity contribution in [2.24, 2.45) is 5.92 Å². The molecule has 0 aromatic heterocycles. The Labute approximate surface area is 204 Å². The quantitative estimate of drug-likeness (QED) is 0.283. The summed E-state index contributed by atoms with van der Waals surface area (Å²) in [6, 6.07) is 11.6. The predicted molar refractivity (Wildman–Crippen MR) is 132 cm³/mol. The zero-order valence-electron chi connectivity index (χ0n) is 20.2. The van der Waals surface area contributed by atoms with Crippen molar-refractivity contribution >= 4 is 30.2 Å². The highest BCUT2D eigenvalue weighted by Gasteiger charge is 2.23. The molecule has 0 heterocycles. The van der Waals surface area contributed by atoms with Crippen LogP contribution < -0.4 is 30.2 Å². The fourth-order valence-electron chi connectivity index (χ4n) is 3.04. The molecule has 2 aromatic rings. The molecule has 10 heteroatoms. The number of nitrogens with one attached hydrogen (secondary N) is 3. The summed E-state index contributed by atoms with van der Waals surface area (Å²) in [5.74, 6) is 1.05. The van der Waals surface area contributed by atoms with Crippen molar-refractivity contribution in [2.45, 2.75) is 19.9 Å². The van der Waals surface area contributed by atoms with Gasteiger partial charge in [-0.2, -0.15) is 0 Å². The Morgan fingerprint density at radius 1 is 0.857 bits per heavy atom. The molecular formula is C25H31N3O7. The number of amides is 3. The molecule has 0 radical (unpaired) electrons. The number of methoxy groups -OCH3 is 2. The minimum atomic E-state index is -1.28. The number of carboxylic acid groups (broad SMARTS) is 1. The summed E-state index contributed by atoms with van der Waals surface area (Å²) in [5.41, 5.74) is 1.81. The molecule has 0 saturated heterocycles. The van der Waals surface area contributed by atoms with E-state index in [0.29, 0.717) is 17.2 Å². The zero-order chi connectivity index (χ0) is 25.8. The van der Waals surface area contributed by atoms with E-state index in [1.165, 1.54) is 0 Å². The number of rotatable bonds is 11. The van der Waals surface area contributed by atoms with Crippen molar-refractivity contribution in [3.8, 4) is 17.2 Å². The highest BCUT2D eigenvalue weighted by molar-refractivity contribution is 5.85. The van der Waals surface area contributed by atoms with Gasteiger partial charge in [-0.1, -0.05) is 38.1 Å². The molecule has 188 valence electrons. The van der Waals surface area contributed by atoms with Crippen LogP contribution in [0.5, 0.6) is 17.2 Å². The normalized spacial score (nSPS) is 11.6. The maximum Gasteiger partial charge on any atom is 0.412 e. The summed E-state index contributed by atoms with van der Waals surface area (Å²) in [7, 11) is 3.19. The van der Waals surface area contributed by atoms with Gasteiger partial charge in [0.1, 0.15) is 23.3 Å². The van der Waals surface area contributed by atoms with Gasteiger partial charge in [0.05, 0.1) is 14.2 Å². The van der Waals surface area contributed by atoms with Crippen LogP contribution in [0.2, 0.25) is 0 Å². The number of ether oxygens (including phenoxy) is 3. The lowest BCUT2D eigenvalue weighted by Crippen LogP contribution is -2.50. The van der Waals surface area contributed by atoms with Crippen LogP contribution in [-0.4, -0.2) is 56.6 Å². The van der Waals surface area contributed by atoms with Crippen molar-refractivity contribution in [2.75, 3.05) is 27.3 Å². The van der Waals surface area contributed by atoms with Crippen molar-refractivity contribution < 1.29 is 33.7 Å². The largest absolute Gasteiger partial charge is 0.497 e. The Morgan fingerprint density at radius 2 is 1.43 bits per heavy atom. The molecule has 1 unspecified atom stereocenters. The minimum absolute atomic E-state index is 0.118. The van der Waals surface area contributed by atoms with E-state index in [-0.39, 0.29) is 19.0 Å². The molecule has 2 rings (SSSR count). The molecule has 0 fully saturated rings. The first-order chi connectivity index (χ1) is 16.7. The van der Waals surface area contributed by atoms with Gasteiger partial charge in [-0.15, -0.1) is 0 Å². The second kappa shape index (κ2) is 13.5. The van der Waals surface area contributed by atoms with Crippen LogP contribution in [0.25, 0.3) is 12.2 Å². The molecule has 3 amide bonds. The molecule has 35 heavy (non-hydrogen) atoms. The second-order valence-electron chi connectivity index (χ2n) is 7.83. The van der Waals surface area contributed by atoms with E-state index in [1.807, 2.05) is 24.3 Å². The van der Waals surface area contributed by atoms with Gasteiger partial charge < -0.3 is 35.3 Å². The summed E-state index contributed by atoms with van der Waals surface area (Å²) < 4.78 is 15.8. The fraction of sp³-hybridized carbons (Fsp3) is 0.320. The number of carbonyl (C=O) groups is 3. The van der Waals surface area contributed by atoms with Gasteiger partial charge in [0.25, 0.3) is 0 Å². The smallest absolute Gasteiger partial charge is 0.412 e. The van der Waals surface area contributed by atoms with Gasteiger partial charge in [-0.05, 0) is 41.3 Å². The van der Waals surface area contributed by atoms with Crippen molar-refractivity contribution in [3.05, 3.63) is 53.6 Å². The summed E-state index contributed by atoms with van der Waals surface area (Å²) in [6.07, 6.45) is 1.87. The summed E-state index contributed by atoms with van der Waals surface area (Å²) in [6.45, 7) is 3.70. The van der Waals surface area contributed by atoms with E-state index in [4.69, 9.17) is 19.3 Å². The Morgan fingerprint density at radius 3 is 1.97 bits per heavy atom. The second-order valence-corrected chi connectivity index (χ2v) is 7.83. The molecule has 10 nitrogen and oxygen atoms in total. The van der Waals surface area contributed by atoms with E-state index >= 15 is 0 Å². The SMILES string of the molecule is COc1cc(/C=C/c2ccc(OC(=O)NCCNC(=O)C(NC(=O)O)C(C)C)cc2)cc(OC)c1. The van der Waals surface area contributed by atoms with Crippen LogP contribution >= 0.6 is 0 Å². The van der Waals surface area contributed by atoms with Gasteiger partial charge in [0.15, 0.2) is 0 Å². The third-order valence-corrected chi connectivity index (χ3v) is 4.85. The van der Waals surface area contributed by atoms with Gasteiger partial charge >= 0.3 is 12.2 Å². The Kier molecular flexibility index (Phi) is 10.4. The predicted octanol–water partition coefficient (Wildman–Crippen LogP) is 3.37. The van der Waals surface area contributed by atoms with Crippen LogP contribution in [0.1, 0.15) is 25.0 Å². The van der Waals surface area contributed by atoms with Crippen LogP contribution in [0, 0.1) is 5.92 Å². The first kappa shape index (κ1) is 27.0. The summed E-state index contributed by atoms with van der Waals surface area (Å²) in [4.78, 5) is 34.9. The number of hydrogen-bond acceptors (Lipinski definition) is 6. The van der Waals surface area contributed by atoms with Crippen LogP contribution in [0.15, 0.2) is 42.5 Å². The molecule has 1 atom stereocenters. The third-order valence-electron chi connectivity index (χ3n) is 4.85. The number of hydrogen-bond donors (Lipinski definition) is 4. The Bertz CT molecular complexity index is 1010. The first-order valence-corrected chi connectivity index (χ1v) is 11.0. The average Bonchev–Trinajstić information content (AvgIpc) is 2.84. The molecule has 0 aliphatic carbocycles. The lowest BCUT2D eigenvalue weighted by molar-refractivity contribution is -0.123. The topological polar surface area (TPSA) is 135 Å². The van der Waals surface area contributed by atoms with Crippen molar-refractivity contribution in [3.63, 3.8) is 0 Å². The minimum Gasteiger partial charge on any atom is -0.497 e. The Hall–Kier alpha value is -4.21. The summed E-state index contributed by atoms with van der Waals surface area (Å²) in [5, 5.41) is 16.1. The molecular weight excluding hydrogens is 454 g/mol. The molecule has 0 bridgehead atoms. The van der Waals surface area contributed by atoms with E-state index in [0.717, 1.165) is 11.1 Å². The third kappa shape index (κ3) is 9.28. The fourth-order valence-corrected chi connectivity index (χ4v) is 3.04. The van der Waals surface area contributed by atoms with Crippen LogP contribution in [0.4, 0.5) is 9.59 Å². The number of benzene rings is 2. The van der Waals surface area contributed by atoms with Crippen LogP contribution in [-0.2, 0) is 4.79 Å². The lowest BCUT2D eigenvalue weighted by Gasteiger charge is -2.20. The molecule has 0 saturated carbocycles. The maximum absolute atomic E-state index is 12.1. The maximum atomic E-state index is 12.1. The Balaban J connectivity index is 1.81. The number of carbonyl (C=O) groups excluding carboxylic acids is 2. The van der Waals surface area contributed by atoms with Gasteiger partial charge in [0, 0.05) is 19.2 Å². The standard InChI is InChI=1S/C25H31N3O7/c1-16(2)22(28-24(30)31)23(29)26-11-12-27-25(32)35-19-9-7-17(8-10-19)5-6-18-13-20(33-3)15-21(14-18)34-4/h5-10,13-16,22,28H,11-12H2,1-4H3,(H,26,29)(H,27,32)(H,30,31)/b6-5+. The van der Waals surface area contributed by atoms with E-state index < -0.39 is 24.1 Å². The van der Waals surface area contributed by atoms with Crippen molar-refractivity contribution in [1.29, 1.82) is 0 Å². The van der Waals surface area contributed by atoms with E-state index in [9.17, 15) is 14.4 Å². The van der Waals surface area contributed by atoms with Gasteiger partial charge in [-0.25, -0.2) is 9.59 Å². The van der Waals surface area contributed by atoms with Gasteiger partial charge in [0.2, 0.25) is 5.91 Å². The highest BCUT2D eigenvalue weighted by atomic mass is 16.6. The lowest BCUT2D eigenvalue weighted by atomic mass is 10.0. The molecule has 0 aliphatic heterocycles. The molecule has 2 aromatic carbocycles. The molecule has 0 spiro atoms. The first-order valence-electron chi connectivity index (χ1n) is 11.0. The summed E-state index contributed by atoms with van der Waals surface area (Å²) >= 11 is 0. The van der Waals surface area contributed by atoms with E-state index in [2.05, 4.69) is 16.0 Å². The average molecular weight is 486 g/mol. The van der Waals surface area contributed by atoms with Crippen molar-refractivity contribution in [1.82, 2.24) is 16.0 Å². The van der Waals surface area contributed by atoms with Gasteiger partial charge in [-0.3, -0.25) is 4.79 Å². The monoisotopic (exact) mass is 485 g/mol. The zero-order valence-corrected chi connectivity index (χ0v) is 20.2. The molecule has 4 N–H and O–H groups in total. The highest BCUT2D eigenvalue weighted by Crippen LogP contribution is 2.24.